The number of nitrogens with two attached hydrogens (primary N) is 1. The van der Waals surface area contributed by atoms with Crippen molar-refractivity contribution in [1.82, 2.24) is 0 Å². The van der Waals surface area contributed by atoms with Crippen LogP contribution < -0.4 is 5.73 Å². The Kier molecular flexibility index (Phi) is 4.55. The first-order valence-corrected chi connectivity index (χ1v) is 6.79. The fraction of sp³-hybridized carbons (Fsp3) is 0.143. The van der Waals surface area contributed by atoms with Crippen LogP contribution in [0.5, 0.6) is 0 Å². The molecule has 0 heterocycles. The van der Waals surface area contributed by atoms with Gasteiger partial charge in [0.15, 0.2) is 0 Å². The minimum absolute atomic E-state index is 0.0583. The highest BCUT2D eigenvalue weighted by atomic mass is 79.9. The Balaban J connectivity index is 2.28. The number of rotatable bonds is 3. The standard InChI is InChI=1S/C14H11BrClF2N/c15-11-5-4-9(17)7-10(11)13(19)6-8-2-1-3-12(16)14(8)18/h1-5,7,13H,6,19H2. The first-order valence-electron chi connectivity index (χ1n) is 5.62. The molecule has 1 atom stereocenters. The van der Waals surface area contributed by atoms with Gasteiger partial charge in [-0.1, -0.05) is 39.7 Å². The van der Waals surface area contributed by atoms with E-state index in [-0.39, 0.29) is 17.3 Å². The van der Waals surface area contributed by atoms with Crippen LogP contribution in [0.4, 0.5) is 8.78 Å². The molecule has 0 bridgehead atoms. The van der Waals surface area contributed by atoms with Gasteiger partial charge in [0.25, 0.3) is 0 Å². The summed E-state index contributed by atoms with van der Waals surface area (Å²) in [4.78, 5) is 0. The van der Waals surface area contributed by atoms with Crippen LogP contribution in [0, 0.1) is 11.6 Å². The second-order valence-corrected chi connectivity index (χ2v) is 5.45. The van der Waals surface area contributed by atoms with Crippen LogP contribution in [-0.2, 0) is 6.42 Å². The van der Waals surface area contributed by atoms with Crippen molar-refractivity contribution in [1.29, 1.82) is 0 Å². The predicted octanol–water partition coefficient (Wildman–Crippen LogP) is 4.62. The van der Waals surface area contributed by atoms with Crippen LogP contribution in [0.15, 0.2) is 40.9 Å². The zero-order valence-corrected chi connectivity index (χ0v) is 12.2. The normalized spacial score (nSPS) is 12.5. The lowest BCUT2D eigenvalue weighted by molar-refractivity contribution is 0.589. The molecule has 0 spiro atoms. The first-order chi connectivity index (χ1) is 8.99. The lowest BCUT2D eigenvalue weighted by Gasteiger charge is -2.15. The molecular formula is C14H11BrClF2N. The molecule has 0 aliphatic heterocycles. The second kappa shape index (κ2) is 5.99. The van der Waals surface area contributed by atoms with Gasteiger partial charge >= 0.3 is 0 Å². The molecule has 1 unspecified atom stereocenters. The molecule has 2 aromatic rings. The third-order valence-electron chi connectivity index (χ3n) is 2.83. The van der Waals surface area contributed by atoms with Gasteiger partial charge in [0, 0.05) is 10.5 Å². The molecule has 2 aromatic carbocycles. The van der Waals surface area contributed by atoms with E-state index < -0.39 is 11.9 Å². The van der Waals surface area contributed by atoms with Gasteiger partial charge in [-0.05, 0) is 41.8 Å². The topological polar surface area (TPSA) is 26.0 Å². The van der Waals surface area contributed by atoms with Gasteiger partial charge in [-0.2, -0.15) is 0 Å². The summed E-state index contributed by atoms with van der Waals surface area (Å²) >= 11 is 9.03. The molecule has 0 radical (unpaired) electrons. The summed E-state index contributed by atoms with van der Waals surface area (Å²) in [7, 11) is 0. The van der Waals surface area contributed by atoms with Crippen LogP contribution in [0.25, 0.3) is 0 Å². The Morgan fingerprint density at radius 1 is 1.21 bits per heavy atom. The van der Waals surface area contributed by atoms with Crippen molar-refractivity contribution in [3.05, 3.63) is 68.7 Å². The average Bonchev–Trinajstić information content (AvgIpc) is 2.38. The molecule has 2 N–H and O–H groups in total. The SMILES string of the molecule is NC(Cc1cccc(Cl)c1F)c1cc(F)ccc1Br. The molecule has 0 aliphatic carbocycles. The van der Waals surface area contributed by atoms with E-state index in [4.69, 9.17) is 17.3 Å². The van der Waals surface area contributed by atoms with Gasteiger partial charge < -0.3 is 5.73 Å². The molecule has 0 aromatic heterocycles. The van der Waals surface area contributed by atoms with E-state index in [9.17, 15) is 8.78 Å². The van der Waals surface area contributed by atoms with Crippen LogP contribution in [0.1, 0.15) is 17.2 Å². The van der Waals surface area contributed by atoms with Crippen molar-refractivity contribution in [2.24, 2.45) is 5.73 Å². The molecule has 2 rings (SSSR count). The van der Waals surface area contributed by atoms with Gasteiger partial charge in [-0.25, -0.2) is 8.78 Å². The summed E-state index contributed by atoms with van der Waals surface area (Å²) in [5.74, 6) is -0.854. The summed E-state index contributed by atoms with van der Waals surface area (Å²) in [6, 6.07) is 8.50. The van der Waals surface area contributed by atoms with Gasteiger partial charge in [0.1, 0.15) is 11.6 Å². The quantitative estimate of drug-likeness (QED) is 0.862. The number of benzene rings is 2. The highest BCUT2D eigenvalue weighted by molar-refractivity contribution is 9.10. The summed E-state index contributed by atoms with van der Waals surface area (Å²) in [6.45, 7) is 0. The monoisotopic (exact) mass is 345 g/mol. The molecule has 19 heavy (non-hydrogen) atoms. The van der Waals surface area contributed by atoms with E-state index in [1.54, 1.807) is 18.2 Å². The smallest absolute Gasteiger partial charge is 0.145 e. The zero-order valence-electron chi connectivity index (χ0n) is 9.84. The first kappa shape index (κ1) is 14.4. The highest BCUT2D eigenvalue weighted by Crippen LogP contribution is 2.27. The van der Waals surface area contributed by atoms with Crippen LogP contribution in [-0.4, -0.2) is 0 Å². The minimum Gasteiger partial charge on any atom is -0.324 e. The average molecular weight is 347 g/mol. The second-order valence-electron chi connectivity index (χ2n) is 4.19. The van der Waals surface area contributed by atoms with Gasteiger partial charge in [0.2, 0.25) is 0 Å². The van der Waals surface area contributed by atoms with Crippen LogP contribution in [0.2, 0.25) is 5.02 Å². The highest BCUT2D eigenvalue weighted by Gasteiger charge is 2.15. The summed E-state index contributed by atoms with van der Waals surface area (Å²) in [5.41, 5.74) is 7.02. The van der Waals surface area contributed by atoms with E-state index in [1.165, 1.54) is 18.2 Å². The van der Waals surface area contributed by atoms with Gasteiger partial charge in [0.05, 0.1) is 5.02 Å². The molecule has 5 heteroatoms. The number of halogens is 4. The maximum Gasteiger partial charge on any atom is 0.145 e. The maximum atomic E-state index is 13.8. The zero-order chi connectivity index (χ0) is 14.0. The predicted molar refractivity (Wildman–Crippen MR) is 76.1 cm³/mol. The van der Waals surface area contributed by atoms with E-state index in [0.29, 0.717) is 15.6 Å². The Labute approximate surface area is 123 Å². The Hall–Kier alpha value is -0.970. The molecular weight excluding hydrogens is 336 g/mol. The van der Waals surface area contributed by atoms with Crippen molar-refractivity contribution in [3.63, 3.8) is 0 Å². The molecule has 1 nitrogen and oxygen atoms in total. The summed E-state index contributed by atoms with van der Waals surface area (Å²) in [5, 5.41) is 0.0583. The van der Waals surface area contributed by atoms with Crippen molar-refractivity contribution in [2.75, 3.05) is 0 Å². The van der Waals surface area contributed by atoms with Crippen LogP contribution >= 0.6 is 27.5 Å². The third-order valence-corrected chi connectivity index (χ3v) is 3.84. The Morgan fingerprint density at radius 2 is 1.95 bits per heavy atom. The fourth-order valence-electron chi connectivity index (χ4n) is 1.85. The lowest BCUT2D eigenvalue weighted by Crippen LogP contribution is -2.15. The number of hydrogen-bond donors (Lipinski definition) is 1. The lowest BCUT2D eigenvalue weighted by atomic mass is 9.99. The third kappa shape index (κ3) is 3.32. The molecule has 100 valence electrons. The van der Waals surface area contributed by atoms with Gasteiger partial charge in [-0.15, -0.1) is 0 Å². The molecule has 0 saturated carbocycles. The van der Waals surface area contributed by atoms with Crippen LogP contribution in [0.3, 0.4) is 0 Å². The summed E-state index contributed by atoms with van der Waals surface area (Å²) in [6.07, 6.45) is 0.244. The van der Waals surface area contributed by atoms with E-state index in [0.717, 1.165) is 0 Å². The van der Waals surface area contributed by atoms with Crippen molar-refractivity contribution < 1.29 is 8.78 Å². The van der Waals surface area contributed by atoms with Crippen molar-refractivity contribution in [3.8, 4) is 0 Å². The van der Waals surface area contributed by atoms with E-state index in [2.05, 4.69) is 15.9 Å². The van der Waals surface area contributed by atoms with Crippen molar-refractivity contribution in [2.45, 2.75) is 12.5 Å². The Morgan fingerprint density at radius 3 is 2.68 bits per heavy atom. The minimum atomic E-state index is -0.516. The molecule has 0 fully saturated rings. The number of hydrogen-bond acceptors (Lipinski definition) is 1. The fourth-order valence-corrected chi connectivity index (χ4v) is 2.59. The summed E-state index contributed by atoms with van der Waals surface area (Å²) < 4.78 is 27.7. The van der Waals surface area contributed by atoms with E-state index in [1.807, 2.05) is 0 Å². The molecule has 0 amide bonds. The Bertz CT molecular complexity index is 604. The molecule has 0 saturated heterocycles. The largest absolute Gasteiger partial charge is 0.324 e. The van der Waals surface area contributed by atoms with Crippen molar-refractivity contribution >= 4 is 27.5 Å². The molecule has 0 aliphatic rings. The maximum absolute atomic E-state index is 13.8. The van der Waals surface area contributed by atoms with E-state index >= 15 is 0 Å². The van der Waals surface area contributed by atoms with Gasteiger partial charge in [-0.3, -0.25) is 0 Å².